The number of benzene rings is 1. The summed E-state index contributed by atoms with van der Waals surface area (Å²) >= 11 is 0. The first-order valence-electron chi connectivity index (χ1n) is 5.75. The fourth-order valence-corrected chi connectivity index (χ4v) is 1.53. The minimum atomic E-state index is -0.156. The van der Waals surface area contributed by atoms with E-state index in [1.807, 2.05) is 31.2 Å². The molecule has 1 N–H and O–H groups in total. The van der Waals surface area contributed by atoms with Gasteiger partial charge in [-0.3, -0.25) is 4.79 Å². The van der Waals surface area contributed by atoms with Gasteiger partial charge < -0.3 is 14.5 Å². The number of hydrogen-bond donors (Lipinski definition) is 1. The SMILES string of the molecule is Cc1cccc(OCCNC(=O)c2ccoc2)c1. The maximum absolute atomic E-state index is 11.5. The summed E-state index contributed by atoms with van der Waals surface area (Å²) in [5, 5.41) is 2.75. The number of furan rings is 1. The summed E-state index contributed by atoms with van der Waals surface area (Å²) in [5.41, 5.74) is 1.67. The van der Waals surface area contributed by atoms with E-state index in [1.165, 1.54) is 12.5 Å². The van der Waals surface area contributed by atoms with E-state index >= 15 is 0 Å². The van der Waals surface area contributed by atoms with E-state index in [4.69, 9.17) is 9.15 Å². The van der Waals surface area contributed by atoms with Crippen molar-refractivity contribution in [2.75, 3.05) is 13.2 Å². The second-order valence-corrected chi connectivity index (χ2v) is 3.93. The van der Waals surface area contributed by atoms with Gasteiger partial charge in [0.2, 0.25) is 0 Å². The lowest BCUT2D eigenvalue weighted by atomic mass is 10.2. The number of nitrogens with one attached hydrogen (secondary N) is 1. The van der Waals surface area contributed by atoms with E-state index < -0.39 is 0 Å². The Balaban J connectivity index is 1.72. The second kappa shape index (κ2) is 5.91. The van der Waals surface area contributed by atoms with Crippen LogP contribution in [0.3, 0.4) is 0 Å². The Labute approximate surface area is 106 Å². The molecule has 0 spiro atoms. The van der Waals surface area contributed by atoms with Crippen LogP contribution in [0, 0.1) is 6.92 Å². The van der Waals surface area contributed by atoms with Gasteiger partial charge >= 0.3 is 0 Å². The number of amides is 1. The fourth-order valence-electron chi connectivity index (χ4n) is 1.53. The molecule has 4 heteroatoms. The fraction of sp³-hybridized carbons (Fsp3) is 0.214. The number of ether oxygens (including phenoxy) is 1. The Morgan fingerprint density at radius 3 is 3.00 bits per heavy atom. The van der Waals surface area contributed by atoms with Crippen LogP contribution in [-0.2, 0) is 0 Å². The molecule has 2 aromatic rings. The van der Waals surface area contributed by atoms with Crippen LogP contribution in [0.4, 0.5) is 0 Å². The van der Waals surface area contributed by atoms with E-state index in [2.05, 4.69) is 5.32 Å². The average Bonchev–Trinajstić information content (AvgIpc) is 2.88. The Hall–Kier alpha value is -2.23. The zero-order valence-electron chi connectivity index (χ0n) is 10.2. The Morgan fingerprint density at radius 2 is 2.28 bits per heavy atom. The number of aryl methyl sites for hydroxylation is 1. The van der Waals surface area contributed by atoms with Crippen LogP contribution in [-0.4, -0.2) is 19.1 Å². The van der Waals surface area contributed by atoms with Gasteiger partial charge in [-0.15, -0.1) is 0 Å². The third-order valence-corrected chi connectivity index (χ3v) is 2.43. The van der Waals surface area contributed by atoms with Crippen molar-refractivity contribution in [3.8, 4) is 5.75 Å². The summed E-state index contributed by atoms with van der Waals surface area (Å²) in [6, 6.07) is 9.42. The van der Waals surface area contributed by atoms with Gasteiger partial charge in [-0.05, 0) is 30.7 Å². The molecule has 0 saturated heterocycles. The molecule has 1 heterocycles. The molecule has 2 rings (SSSR count). The number of carbonyl (C=O) groups is 1. The van der Waals surface area contributed by atoms with Gasteiger partial charge in [0.1, 0.15) is 18.6 Å². The van der Waals surface area contributed by atoms with E-state index in [9.17, 15) is 4.79 Å². The topological polar surface area (TPSA) is 51.5 Å². The largest absolute Gasteiger partial charge is 0.492 e. The number of hydrogen-bond acceptors (Lipinski definition) is 3. The van der Waals surface area contributed by atoms with E-state index in [0.29, 0.717) is 18.7 Å². The Bertz CT molecular complexity index is 506. The molecule has 1 amide bonds. The highest BCUT2D eigenvalue weighted by Gasteiger charge is 2.05. The van der Waals surface area contributed by atoms with Crippen LogP contribution in [0.5, 0.6) is 5.75 Å². The lowest BCUT2D eigenvalue weighted by molar-refractivity contribution is 0.0946. The van der Waals surface area contributed by atoms with Crippen molar-refractivity contribution in [2.45, 2.75) is 6.92 Å². The van der Waals surface area contributed by atoms with Crippen LogP contribution < -0.4 is 10.1 Å². The molecule has 1 aromatic heterocycles. The van der Waals surface area contributed by atoms with Gasteiger partial charge in [0.25, 0.3) is 5.91 Å². The lowest BCUT2D eigenvalue weighted by Gasteiger charge is -2.07. The standard InChI is InChI=1S/C14H15NO3/c1-11-3-2-4-13(9-11)18-8-6-15-14(16)12-5-7-17-10-12/h2-5,7,9-10H,6,8H2,1H3,(H,15,16). The van der Waals surface area contributed by atoms with Crippen LogP contribution in [0.2, 0.25) is 0 Å². The third-order valence-electron chi connectivity index (χ3n) is 2.43. The van der Waals surface area contributed by atoms with Gasteiger partial charge in [-0.2, -0.15) is 0 Å². The maximum Gasteiger partial charge on any atom is 0.254 e. The summed E-state index contributed by atoms with van der Waals surface area (Å²) in [6.07, 6.45) is 2.88. The normalized spacial score (nSPS) is 10.1. The molecule has 0 radical (unpaired) electrons. The third kappa shape index (κ3) is 3.38. The molecule has 0 unspecified atom stereocenters. The van der Waals surface area contributed by atoms with Crippen molar-refractivity contribution in [1.82, 2.24) is 5.32 Å². The molecule has 0 fully saturated rings. The first-order valence-corrected chi connectivity index (χ1v) is 5.75. The zero-order valence-corrected chi connectivity index (χ0v) is 10.2. The number of rotatable bonds is 5. The quantitative estimate of drug-likeness (QED) is 0.823. The molecular weight excluding hydrogens is 230 g/mol. The molecule has 0 saturated carbocycles. The van der Waals surface area contributed by atoms with E-state index in [0.717, 1.165) is 11.3 Å². The molecule has 94 valence electrons. The van der Waals surface area contributed by atoms with Crippen molar-refractivity contribution in [1.29, 1.82) is 0 Å². The minimum Gasteiger partial charge on any atom is -0.492 e. The highest BCUT2D eigenvalue weighted by molar-refractivity contribution is 5.93. The lowest BCUT2D eigenvalue weighted by Crippen LogP contribution is -2.27. The van der Waals surface area contributed by atoms with Crippen molar-refractivity contribution in [2.24, 2.45) is 0 Å². The molecule has 0 aliphatic heterocycles. The predicted molar refractivity (Wildman–Crippen MR) is 67.7 cm³/mol. The molecule has 0 aliphatic rings. The maximum atomic E-state index is 11.5. The highest BCUT2D eigenvalue weighted by Crippen LogP contribution is 2.11. The van der Waals surface area contributed by atoms with Gasteiger partial charge in [-0.1, -0.05) is 12.1 Å². The van der Waals surface area contributed by atoms with Crippen LogP contribution in [0.15, 0.2) is 47.3 Å². The summed E-state index contributed by atoms with van der Waals surface area (Å²) in [4.78, 5) is 11.5. The van der Waals surface area contributed by atoms with Crippen molar-refractivity contribution < 1.29 is 13.9 Å². The van der Waals surface area contributed by atoms with E-state index in [1.54, 1.807) is 6.07 Å². The molecule has 0 aliphatic carbocycles. The predicted octanol–water partition coefficient (Wildman–Crippen LogP) is 2.40. The first kappa shape index (κ1) is 12.2. The smallest absolute Gasteiger partial charge is 0.254 e. The Kier molecular flexibility index (Phi) is 4.02. The Morgan fingerprint density at radius 1 is 1.39 bits per heavy atom. The van der Waals surface area contributed by atoms with Crippen LogP contribution in [0.25, 0.3) is 0 Å². The summed E-state index contributed by atoms with van der Waals surface area (Å²) < 4.78 is 10.3. The van der Waals surface area contributed by atoms with Crippen LogP contribution >= 0.6 is 0 Å². The number of carbonyl (C=O) groups excluding carboxylic acids is 1. The summed E-state index contributed by atoms with van der Waals surface area (Å²) in [5.74, 6) is 0.657. The zero-order chi connectivity index (χ0) is 12.8. The van der Waals surface area contributed by atoms with Crippen molar-refractivity contribution in [3.63, 3.8) is 0 Å². The molecule has 0 atom stereocenters. The monoisotopic (exact) mass is 245 g/mol. The molecular formula is C14H15NO3. The second-order valence-electron chi connectivity index (χ2n) is 3.93. The van der Waals surface area contributed by atoms with E-state index in [-0.39, 0.29) is 5.91 Å². The van der Waals surface area contributed by atoms with Gasteiger partial charge in [0, 0.05) is 0 Å². The average molecular weight is 245 g/mol. The molecule has 18 heavy (non-hydrogen) atoms. The van der Waals surface area contributed by atoms with Gasteiger partial charge in [-0.25, -0.2) is 0 Å². The molecule has 1 aromatic carbocycles. The van der Waals surface area contributed by atoms with Crippen molar-refractivity contribution >= 4 is 5.91 Å². The van der Waals surface area contributed by atoms with Gasteiger partial charge in [0.15, 0.2) is 0 Å². The summed E-state index contributed by atoms with van der Waals surface area (Å²) in [6.45, 7) is 2.90. The first-order chi connectivity index (χ1) is 8.75. The highest BCUT2D eigenvalue weighted by atomic mass is 16.5. The summed E-state index contributed by atoms with van der Waals surface area (Å²) in [7, 11) is 0. The minimum absolute atomic E-state index is 0.156. The van der Waals surface area contributed by atoms with Crippen molar-refractivity contribution in [3.05, 3.63) is 54.0 Å². The van der Waals surface area contributed by atoms with Gasteiger partial charge in [0.05, 0.1) is 18.4 Å². The molecule has 0 bridgehead atoms. The molecule has 4 nitrogen and oxygen atoms in total. The van der Waals surface area contributed by atoms with Crippen LogP contribution in [0.1, 0.15) is 15.9 Å².